The van der Waals surface area contributed by atoms with Gasteiger partial charge in [0.25, 0.3) is 0 Å². The van der Waals surface area contributed by atoms with Gasteiger partial charge in [0.2, 0.25) is 0 Å². The number of rotatable bonds is 6. The first kappa shape index (κ1) is 14.2. The standard InChI is InChI=1S/C14H20ClNO/c1-4-6-14(17)10-16(3)11(2)12-7-5-8-13(15)9-12/h5,7-9,11H,4,6,10H2,1-3H3. The van der Waals surface area contributed by atoms with Crippen LogP contribution in [0.1, 0.15) is 38.3 Å². The Balaban J connectivity index is 2.63. The molecule has 0 radical (unpaired) electrons. The van der Waals surface area contributed by atoms with Gasteiger partial charge in [0, 0.05) is 17.5 Å². The SMILES string of the molecule is CCCC(=O)CN(C)C(C)c1cccc(Cl)c1. The van der Waals surface area contributed by atoms with E-state index in [1.807, 2.05) is 38.2 Å². The minimum Gasteiger partial charge on any atom is -0.298 e. The van der Waals surface area contributed by atoms with Gasteiger partial charge in [0.15, 0.2) is 0 Å². The molecule has 0 aromatic heterocycles. The lowest BCUT2D eigenvalue weighted by molar-refractivity contribution is -0.120. The Kier molecular flexibility index (Phi) is 5.66. The van der Waals surface area contributed by atoms with E-state index in [1.165, 1.54) is 0 Å². The Morgan fingerprint density at radius 2 is 2.18 bits per heavy atom. The largest absolute Gasteiger partial charge is 0.298 e. The summed E-state index contributed by atoms with van der Waals surface area (Å²) in [6.07, 6.45) is 1.57. The number of ketones is 1. The predicted octanol–water partition coefficient (Wildman–Crippen LogP) is 3.70. The summed E-state index contributed by atoms with van der Waals surface area (Å²) in [7, 11) is 1.97. The number of hydrogen-bond acceptors (Lipinski definition) is 2. The first-order valence-electron chi connectivity index (χ1n) is 6.02. The maximum Gasteiger partial charge on any atom is 0.146 e. The topological polar surface area (TPSA) is 20.3 Å². The van der Waals surface area contributed by atoms with Crippen LogP contribution in [0, 0.1) is 0 Å². The van der Waals surface area contributed by atoms with E-state index in [0.717, 1.165) is 17.0 Å². The van der Waals surface area contributed by atoms with Crippen LogP contribution < -0.4 is 0 Å². The summed E-state index contributed by atoms with van der Waals surface area (Å²) in [6.45, 7) is 4.62. The summed E-state index contributed by atoms with van der Waals surface area (Å²) in [5.41, 5.74) is 1.14. The van der Waals surface area contributed by atoms with Crippen molar-refractivity contribution >= 4 is 17.4 Å². The molecule has 3 heteroatoms. The van der Waals surface area contributed by atoms with Gasteiger partial charge in [-0.1, -0.05) is 30.7 Å². The second kappa shape index (κ2) is 6.77. The Labute approximate surface area is 109 Å². The van der Waals surface area contributed by atoms with Crippen molar-refractivity contribution in [1.29, 1.82) is 0 Å². The molecular formula is C14H20ClNO. The number of likely N-dealkylation sites (N-methyl/N-ethyl adjacent to an activating group) is 1. The number of benzene rings is 1. The monoisotopic (exact) mass is 253 g/mol. The van der Waals surface area contributed by atoms with E-state index >= 15 is 0 Å². The zero-order valence-corrected chi connectivity index (χ0v) is 11.5. The van der Waals surface area contributed by atoms with Gasteiger partial charge in [-0.05, 0) is 38.1 Å². The minimum absolute atomic E-state index is 0.203. The highest BCUT2D eigenvalue weighted by molar-refractivity contribution is 6.30. The van der Waals surface area contributed by atoms with Gasteiger partial charge in [0.1, 0.15) is 5.78 Å². The fourth-order valence-electron chi connectivity index (χ4n) is 1.79. The molecule has 0 aliphatic carbocycles. The second-order valence-electron chi connectivity index (χ2n) is 4.43. The first-order chi connectivity index (χ1) is 8.04. The van der Waals surface area contributed by atoms with Crippen molar-refractivity contribution < 1.29 is 4.79 Å². The highest BCUT2D eigenvalue weighted by atomic mass is 35.5. The van der Waals surface area contributed by atoms with E-state index < -0.39 is 0 Å². The Hall–Kier alpha value is -0.860. The summed E-state index contributed by atoms with van der Waals surface area (Å²) in [6, 6.07) is 8.00. The molecule has 0 aliphatic heterocycles. The normalized spacial score (nSPS) is 12.8. The molecule has 1 atom stereocenters. The van der Waals surface area contributed by atoms with Crippen molar-refractivity contribution in [3.05, 3.63) is 34.9 Å². The van der Waals surface area contributed by atoms with Gasteiger partial charge in [-0.15, -0.1) is 0 Å². The predicted molar refractivity (Wildman–Crippen MR) is 72.4 cm³/mol. The summed E-state index contributed by atoms with van der Waals surface area (Å²) < 4.78 is 0. The highest BCUT2D eigenvalue weighted by Crippen LogP contribution is 2.21. The van der Waals surface area contributed by atoms with E-state index in [1.54, 1.807) is 0 Å². The van der Waals surface area contributed by atoms with Crippen LogP contribution in [-0.4, -0.2) is 24.3 Å². The summed E-state index contributed by atoms with van der Waals surface area (Å²) in [5.74, 6) is 0.295. The zero-order chi connectivity index (χ0) is 12.8. The Morgan fingerprint density at radius 3 is 2.76 bits per heavy atom. The van der Waals surface area contributed by atoms with Gasteiger partial charge < -0.3 is 0 Å². The number of hydrogen-bond donors (Lipinski definition) is 0. The van der Waals surface area contributed by atoms with E-state index in [4.69, 9.17) is 11.6 Å². The first-order valence-corrected chi connectivity index (χ1v) is 6.39. The van der Waals surface area contributed by atoms with Crippen LogP contribution in [0.5, 0.6) is 0 Å². The second-order valence-corrected chi connectivity index (χ2v) is 4.87. The third kappa shape index (κ3) is 4.49. The van der Waals surface area contributed by atoms with Gasteiger partial charge in [-0.3, -0.25) is 9.69 Å². The lowest BCUT2D eigenvalue weighted by atomic mass is 10.1. The molecule has 1 unspecified atom stereocenters. The maximum absolute atomic E-state index is 11.6. The minimum atomic E-state index is 0.203. The zero-order valence-electron chi connectivity index (χ0n) is 10.7. The molecule has 0 spiro atoms. The Morgan fingerprint density at radius 1 is 1.47 bits per heavy atom. The third-order valence-electron chi connectivity index (χ3n) is 2.95. The molecule has 0 saturated carbocycles. The molecule has 0 fully saturated rings. The van der Waals surface area contributed by atoms with Crippen LogP contribution in [0.25, 0.3) is 0 Å². The highest BCUT2D eigenvalue weighted by Gasteiger charge is 2.14. The smallest absolute Gasteiger partial charge is 0.146 e. The van der Waals surface area contributed by atoms with E-state index in [-0.39, 0.29) is 6.04 Å². The molecule has 0 bridgehead atoms. The summed E-state index contributed by atoms with van der Waals surface area (Å²) in [5, 5.41) is 0.739. The van der Waals surface area contributed by atoms with Crippen LogP contribution in [-0.2, 0) is 4.79 Å². The molecule has 0 aliphatic rings. The number of carbonyl (C=O) groups excluding carboxylic acids is 1. The number of nitrogens with zero attached hydrogens (tertiary/aromatic N) is 1. The molecule has 17 heavy (non-hydrogen) atoms. The van der Waals surface area contributed by atoms with Crippen molar-refractivity contribution in [2.75, 3.05) is 13.6 Å². The number of Topliss-reactive ketones (excluding diaryl/α,β-unsaturated/α-hetero) is 1. The maximum atomic E-state index is 11.6. The van der Waals surface area contributed by atoms with Crippen LogP contribution in [0.3, 0.4) is 0 Å². The molecule has 0 saturated heterocycles. The molecule has 0 N–H and O–H groups in total. The molecular weight excluding hydrogens is 234 g/mol. The third-order valence-corrected chi connectivity index (χ3v) is 3.18. The van der Waals surface area contributed by atoms with Crippen molar-refractivity contribution in [1.82, 2.24) is 4.90 Å². The van der Waals surface area contributed by atoms with Crippen molar-refractivity contribution in [2.24, 2.45) is 0 Å². The van der Waals surface area contributed by atoms with Crippen molar-refractivity contribution in [3.8, 4) is 0 Å². The van der Waals surface area contributed by atoms with Crippen LogP contribution >= 0.6 is 11.6 Å². The van der Waals surface area contributed by atoms with Crippen LogP contribution in [0.2, 0.25) is 5.02 Å². The van der Waals surface area contributed by atoms with Crippen LogP contribution in [0.15, 0.2) is 24.3 Å². The number of carbonyl (C=O) groups is 1. The van der Waals surface area contributed by atoms with Crippen molar-refractivity contribution in [2.45, 2.75) is 32.7 Å². The molecule has 0 heterocycles. The van der Waals surface area contributed by atoms with Gasteiger partial charge >= 0.3 is 0 Å². The van der Waals surface area contributed by atoms with E-state index in [2.05, 4.69) is 11.8 Å². The van der Waals surface area contributed by atoms with E-state index in [9.17, 15) is 4.79 Å². The average Bonchev–Trinajstić information content (AvgIpc) is 2.28. The fourth-order valence-corrected chi connectivity index (χ4v) is 1.99. The molecule has 2 nitrogen and oxygen atoms in total. The molecule has 94 valence electrons. The van der Waals surface area contributed by atoms with Gasteiger partial charge in [0.05, 0.1) is 6.54 Å². The lowest BCUT2D eigenvalue weighted by Gasteiger charge is -2.24. The molecule has 1 rings (SSSR count). The lowest BCUT2D eigenvalue weighted by Crippen LogP contribution is -2.28. The molecule has 1 aromatic carbocycles. The quantitative estimate of drug-likeness (QED) is 0.771. The van der Waals surface area contributed by atoms with Gasteiger partial charge in [-0.2, -0.15) is 0 Å². The fraction of sp³-hybridized carbons (Fsp3) is 0.500. The summed E-state index contributed by atoms with van der Waals surface area (Å²) >= 11 is 5.96. The number of halogens is 1. The van der Waals surface area contributed by atoms with E-state index in [0.29, 0.717) is 18.7 Å². The average molecular weight is 254 g/mol. The molecule has 0 amide bonds. The summed E-state index contributed by atoms with van der Waals surface area (Å²) in [4.78, 5) is 13.6. The van der Waals surface area contributed by atoms with Gasteiger partial charge in [-0.25, -0.2) is 0 Å². The Bertz CT molecular complexity index is 378. The van der Waals surface area contributed by atoms with Crippen molar-refractivity contribution in [3.63, 3.8) is 0 Å². The molecule has 1 aromatic rings. The van der Waals surface area contributed by atoms with Crippen LogP contribution in [0.4, 0.5) is 0 Å².